The smallest absolute Gasteiger partial charge is 0.315 e. The predicted molar refractivity (Wildman–Crippen MR) is 87.5 cm³/mol. The molecule has 0 bridgehead atoms. The molecule has 3 aliphatic rings. The Hall–Kier alpha value is -1.53. The van der Waals surface area contributed by atoms with Crippen LogP contribution in [0, 0.1) is 18.3 Å². The van der Waals surface area contributed by atoms with E-state index in [0.717, 1.165) is 31.6 Å². The maximum absolute atomic E-state index is 12.3. The zero-order valence-corrected chi connectivity index (χ0v) is 14.3. The lowest BCUT2D eigenvalue weighted by atomic mass is 9.46. The molecule has 1 aromatic heterocycles. The van der Waals surface area contributed by atoms with E-state index in [9.17, 15) is 9.90 Å². The van der Waals surface area contributed by atoms with Gasteiger partial charge in [-0.25, -0.2) is 4.79 Å². The van der Waals surface area contributed by atoms with Crippen molar-refractivity contribution in [1.29, 1.82) is 0 Å². The third-order valence-electron chi connectivity index (χ3n) is 6.19. The average molecular weight is 334 g/mol. The number of rotatable bonds is 4. The molecule has 4 rings (SSSR count). The summed E-state index contributed by atoms with van der Waals surface area (Å²) in [7, 11) is 0. The lowest BCUT2D eigenvalue weighted by molar-refractivity contribution is -0.172. The highest BCUT2D eigenvalue weighted by atomic mass is 16.5. The van der Waals surface area contributed by atoms with Gasteiger partial charge in [0, 0.05) is 24.0 Å². The molecule has 0 aromatic carbocycles. The Labute approximate surface area is 141 Å². The van der Waals surface area contributed by atoms with Crippen molar-refractivity contribution in [3.63, 3.8) is 0 Å². The van der Waals surface area contributed by atoms with Crippen LogP contribution in [0.2, 0.25) is 0 Å². The Balaban J connectivity index is 1.34. The van der Waals surface area contributed by atoms with E-state index in [2.05, 4.69) is 10.6 Å². The minimum absolute atomic E-state index is 0.107. The molecule has 2 heterocycles. The number of furan rings is 1. The van der Waals surface area contributed by atoms with Crippen LogP contribution in [0.1, 0.15) is 44.1 Å². The summed E-state index contributed by atoms with van der Waals surface area (Å²) in [5.74, 6) is 1.65. The first-order chi connectivity index (χ1) is 11.4. The maximum Gasteiger partial charge on any atom is 0.315 e. The van der Waals surface area contributed by atoms with Crippen molar-refractivity contribution in [3.8, 4) is 0 Å². The second-order valence-electron chi connectivity index (χ2n) is 7.82. The molecule has 6 nitrogen and oxygen atoms in total. The second kappa shape index (κ2) is 5.49. The lowest BCUT2D eigenvalue weighted by Crippen LogP contribution is -2.72. The molecule has 2 aliphatic carbocycles. The van der Waals surface area contributed by atoms with Crippen LogP contribution in [0.15, 0.2) is 16.5 Å². The quantitative estimate of drug-likeness (QED) is 0.787. The standard InChI is InChI=1S/C18H26N2O4/c1-11-4-5-13(24-11)17(2,22)10-19-16(21)20-14-12-6-9-23-15(12)18(14)7-3-8-18/h4-5,12,14-15,22H,3,6-10H2,1-2H3,(H2,19,20,21). The Morgan fingerprint density at radius 1 is 1.46 bits per heavy atom. The van der Waals surface area contributed by atoms with E-state index in [1.54, 1.807) is 19.1 Å². The van der Waals surface area contributed by atoms with Gasteiger partial charge in [0.05, 0.1) is 12.6 Å². The summed E-state index contributed by atoms with van der Waals surface area (Å²) < 4.78 is 11.3. The van der Waals surface area contributed by atoms with Crippen molar-refractivity contribution < 1.29 is 19.1 Å². The van der Waals surface area contributed by atoms with Crippen LogP contribution in [0.25, 0.3) is 0 Å². The molecule has 3 fully saturated rings. The Kier molecular flexibility index (Phi) is 3.65. The molecule has 2 saturated carbocycles. The van der Waals surface area contributed by atoms with Gasteiger partial charge in [0.25, 0.3) is 0 Å². The molecule has 1 aliphatic heterocycles. The zero-order valence-electron chi connectivity index (χ0n) is 14.3. The number of fused-ring (bicyclic) bond motifs is 2. The summed E-state index contributed by atoms with van der Waals surface area (Å²) in [6.07, 6.45) is 4.87. The third kappa shape index (κ3) is 2.35. The van der Waals surface area contributed by atoms with E-state index < -0.39 is 5.60 Å². The highest BCUT2D eigenvalue weighted by Crippen LogP contribution is 2.62. The molecule has 3 N–H and O–H groups in total. The van der Waals surface area contributed by atoms with Crippen LogP contribution in [-0.4, -0.2) is 36.4 Å². The monoisotopic (exact) mass is 334 g/mol. The van der Waals surface area contributed by atoms with E-state index in [1.165, 1.54) is 6.42 Å². The van der Waals surface area contributed by atoms with Crippen molar-refractivity contribution >= 4 is 6.03 Å². The topological polar surface area (TPSA) is 83.7 Å². The molecular weight excluding hydrogens is 308 g/mol. The molecule has 132 valence electrons. The van der Waals surface area contributed by atoms with Crippen molar-refractivity contribution in [2.24, 2.45) is 11.3 Å². The van der Waals surface area contributed by atoms with Gasteiger partial charge >= 0.3 is 6.03 Å². The maximum atomic E-state index is 12.3. The first kappa shape index (κ1) is 16.0. The van der Waals surface area contributed by atoms with Crippen LogP contribution in [0.3, 0.4) is 0 Å². The van der Waals surface area contributed by atoms with E-state index in [-0.39, 0.29) is 24.0 Å². The van der Waals surface area contributed by atoms with Gasteiger partial charge in [-0.3, -0.25) is 0 Å². The summed E-state index contributed by atoms with van der Waals surface area (Å²) in [5, 5.41) is 16.4. The summed E-state index contributed by atoms with van der Waals surface area (Å²) in [6.45, 7) is 4.39. The molecule has 2 amide bonds. The molecule has 24 heavy (non-hydrogen) atoms. The van der Waals surface area contributed by atoms with Crippen molar-refractivity contribution in [2.75, 3.05) is 13.2 Å². The van der Waals surface area contributed by atoms with Gasteiger partial charge in [-0.2, -0.15) is 0 Å². The SMILES string of the molecule is Cc1ccc(C(C)(O)CNC(=O)NC2C3CCOC3C23CCC3)o1. The number of nitrogens with one attached hydrogen (secondary N) is 2. The highest BCUT2D eigenvalue weighted by Gasteiger charge is 2.67. The molecule has 6 heteroatoms. The normalized spacial score (nSPS) is 32.4. The van der Waals surface area contributed by atoms with Gasteiger partial charge in [0.1, 0.15) is 17.1 Å². The van der Waals surface area contributed by atoms with Crippen LogP contribution < -0.4 is 10.6 Å². The molecule has 4 unspecified atom stereocenters. The molecule has 1 spiro atoms. The molecule has 1 saturated heterocycles. The fourth-order valence-electron chi connectivity index (χ4n) is 4.71. The van der Waals surface area contributed by atoms with E-state index >= 15 is 0 Å². The number of hydrogen-bond donors (Lipinski definition) is 3. The Morgan fingerprint density at radius 2 is 2.25 bits per heavy atom. The van der Waals surface area contributed by atoms with E-state index in [0.29, 0.717) is 17.8 Å². The Morgan fingerprint density at radius 3 is 2.88 bits per heavy atom. The fourth-order valence-corrected chi connectivity index (χ4v) is 4.71. The van der Waals surface area contributed by atoms with E-state index in [1.807, 2.05) is 6.92 Å². The number of ether oxygens (including phenoxy) is 1. The number of hydrogen-bond acceptors (Lipinski definition) is 4. The van der Waals surface area contributed by atoms with E-state index in [4.69, 9.17) is 9.15 Å². The summed E-state index contributed by atoms with van der Waals surface area (Å²) >= 11 is 0. The fraction of sp³-hybridized carbons (Fsp3) is 0.722. The van der Waals surface area contributed by atoms with Crippen molar-refractivity contribution in [3.05, 3.63) is 23.7 Å². The number of carbonyl (C=O) groups excluding carboxylic acids is 1. The zero-order chi connectivity index (χ0) is 16.9. The summed E-state index contributed by atoms with van der Waals surface area (Å²) in [6, 6.07) is 3.53. The largest absolute Gasteiger partial charge is 0.463 e. The van der Waals surface area contributed by atoms with Gasteiger partial charge in [-0.1, -0.05) is 6.42 Å². The van der Waals surface area contributed by atoms with Crippen molar-refractivity contribution in [1.82, 2.24) is 10.6 Å². The van der Waals surface area contributed by atoms with Crippen LogP contribution in [0.5, 0.6) is 0 Å². The number of aliphatic hydroxyl groups is 1. The summed E-state index contributed by atoms with van der Waals surface area (Å²) in [4.78, 5) is 12.3. The number of aryl methyl sites for hydroxylation is 1. The lowest BCUT2D eigenvalue weighted by Gasteiger charge is -2.63. The second-order valence-corrected chi connectivity index (χ2v) is 7.82. The first-order valence-corrected chi connectivity index (χ1v) is 8.88. The van der Waals surface area contributed by atoms with Crippen molar-refractivity contribution in [2.45, 2.75) is 57.3 Å². The van der Waals surface area contributed by atoms with Gasteiger partial charge < -0.3 is 24.9 Å². The van der Waals surface area contributed by atoms with Crippen LogP contribution >= 0.6 is 0 Å². The Bertz CT molecular complexity index is 635. The van der Waals surface area contributed by atoms with Gasteiger partial charge in [-0.15, -0.1) is 0 Å². The third-order valence-corrected chi connectivity index (χ3v) is 6.19. The molecule has 1 aromatic rings. The number of carbonyl (C=O) groups is 1. The average Bonchev–Trinajstić information content (AvgIpc) is 3.09. The molecule has 4 atom stereocenters. The number of amides is 2. The predicted octanol–water partition coefficient (Wildman–Crippen LogP) is 2.05. The van der Waals surface area contributed by atoms with Gasteiger partial charge in [-0.05, 0) is 45.2 Å². The van der Waals surface area contributed by atoms with Gasteiger partial charge in [0.2, 0.25) is 0 Å². The summed E-state index contributed by atoms with van der Waals surface area (Å²) in [5.41, 5.74) is -1.06. The van der Waals surface area contributed by atoms with Gasteiger partial charge in [0.15, 0.2) is 0 Å². The van der Waals surface area contributed by atoms with Crippen LogP contribution in [0.4, 0.5) is 4.79 Å². The minimum Gasteiger partial charge on any atom is -0.463 e. The molecule has 0 radical (unpaired) electrons. The first-order valence-electron chi connectivity index (χ1n) is 8.88. The molecular formula is C18H26N2O4. The number of urea groups is 1. The highest BCUT2D eigenvalue weighted by molar-refractivity contribution is 5.74. The van der Waals surface area contributed by atoms with Crippen LogP contribution in [-0.2, 0) is 10.3 Å². The minimum atomic E-state index is -1.22.